The maximum absolute atomic E-state index is 10.4. The number of unbranched alkanes of at least 4 members (excludes halogenated alkanes) is 9. The summed E-state index contributed by atoms with van der Waals surface area (Å²) >= 11 is 0. The van der Waals surface area contributed by atoms with Gasteiger partial charge < -0.3 is 4.74 Å². The van der Waals surface area contributed by atoms with Gasteiger partial charge in [0.25, 0.3) is 0 Å². The van der Waals surface area contributed by atoms with Gasteiger partial charge in [0.2, 0.25) is 0 Å². The van der Waals surface area contributed by atoms with Crippen LogP contribution in [0.2, 0.25) is 0 Å². The Labute approximate surface area is 120 Å². The third-order valence-corrected chi connectivity index (χ3v) is 3.72. The van der Waals surface area contributed by atoms with Crippen molar-refractivity contribution in [3.63, 3.8) is 0 Å². The van der Waals surface area contributed by atoms with Crippen molar-refractivity contribution >= 4 is 6.47 Å². The Hall–Kier alpha value is -0.530. The molecule has 0 aromatic carbocycles. The second-order valence-corrected chi connectivity index (χ2v) is 5.58. The number of rotatable bonds is 15. The summed E-state index contributed by atoms with van der Waals surface area (Å²) in [5.41, 5.74) is 0. The molecule has 1 unspecified atom stereocenters. The molecule has 0 amide bonds. The molecule has 0 heterocycles. The molecule has 2 heteroatoms. The van der Waals surface area contributed by atoms with E-state index in [9.17, 15) is 4.79 Å². The Kier molecular flexibility index (Phi) is 15.1. The largest absolute Gasteiger partial charge is 0.454 e. The highest BCUT2D eigenvalue weighted by atomic mass is 16.5. The van der Waals surface area contributed by atoms with Gasteiger partial charge in [-0.1, -0.05) is 71.6 Å². The van der Waals surface area contributed by atoms with Crippen LogP contribution in [0.25, 0.3) is 0 Å². The third-order valence-electron chi connectivity index (χ3n) is 3.72. The standard InChI is InChI=1S/C17H33O2/c1-3-5-7-9-10-11-13-15-17(19-16-18)14-12-8-6-4-2/h17H,3-15H2,1-2H3. The van der Waals surface area contributed by atoms with Gasteiger partial charge in [-0.25, -0.2) is 4.79 Å². The zero-order valence-electron chi connectivity index (χ0n) is 13.1. The van der Waals surface area contributed by atoms with Crippen LogP contribution in [0.1, 0.15) is 97.3 Å². The van der Waals surface area contributed by atoms with Crippen LogP contribution in [-0.2, 0) is 9.53 Å². The summed E-state index contributed by atoms with van der Waals surface area (Å²) in [7, 11) is 0. The maximum atomic E-state index is 10.4. The van der Waals surface area contributed by atoms with Gasteiger partial charge in [-0.2, -0.15) is 0 Å². The Bertz CT molecular complexity index is 180. The monoisotopic (exact) mass is 269 g/mol. The van der Waals surface area contributed by atoms with Crippen LogP contribution in [-0.4, -0.2) is 12.6 Å². The van der Waals surface area contributed by atoms with Crippen molar-refractivity contribution in [3.05, 3.63) is 0 Å². The predicted molar refractivity (Wildman–Crippen MR) is 81.9 cm³/mol. The van der Waals surface area contributed by atoms with Gasteiger partial charge >= 0.3 is 6.47 Å². The van der Waals surface area contributed by atoms with E-state index in [4.69, 9.17) is 4.74 Å². The number of carbonyl (C=O) groups excluding carboxylic acids is 1. The van der Waals surface area contributed by atoms with Gasteiger partial charge in [-0.15, -0.1) is 0 Å². The minimum atomic E-state index is 0.116. The quantitative estimate of drug-likeness (QED) is 0.364. The molecule has 0 spiro atoms. The molecule has 2 nitrogen and oxygen atoms in total. The van der Waals surface area contributed by atoms with Crippen molar-refractivity contribution in [3.8, 4) is 0 Å². The molecular weight excluding hydrogens is 236 g/mol. The molecule has 19 heavy (non-hydrogen) atoms. The van der Waals surface area contributed by atoms with Gasteiger partial charge in [0.1, 0.15) is 6.10 Å². The molecule has 0 bridgehead atoms. The smallest absolute Gasteiger partial charge is 0.417 e. The number of ether oxygens (including phenoxy) is 1. The van der Waals surface area contributed by atoms with Crippen LogP contribution >= 0.6 is 0 Å². The molecule has 0 saturated heterocycles. The second kappa shape index (κ2) is 15.5. The molecule has 1 radical (unpaired) electrons. The maximum Gasteiger partial charge on any atom is 0.417 e. The van der Waals surface area contributed by atoms with Gasteiger partial charge in [-0.3, -0.25) is 0 Å². The Morgan fingerprint density at radius 1 is 0.737 bits per heavy atom. The Morgan fingerprint density at radius 2 is 1.16 bits per heavy atom. The fraction of sp³-hybridized carbons (Fsp3) is 0.941. The number of hydrogen-bond donors (Lipinski definition) is 0. The normalized spacial score (nSPS) is 12.3. The highest BCUT2D eigenvalue weighted by molar-refractivity contribution is 5.38. The van der Waals surface area contributed by atoms with E-state index < -0.39 is 0 Å². The van der Waals surface area contributed by atoms with E-state index in [2.05, 4.69) is 13.8 Å². The Morgan fingerprint density at radius 3 is 1.63 bits per heavy atom. The van der Waals surface area contributed by atoms with E-state index in [1.54, 1.807) is 6.47 Å². The van der Waals surface area contributed by atoms with Gasteiger partial charge in [0.05, 0.1) is 0 Å². The van der Waals surface area contributed by atoms with Gasteiger partial charge in [-0.05, 0) is 25.7 Å². The van der Waals surface area contributed by atoms with E-state index in [0.29, 0.717) is 0 Å². The van der Waals surface area contributed by atoms with Crippen molar-refractivity contribution in [2.75, 3.05) is 0 Å². The van der Waals surface area contributed by atoms with Crippen LogP contribution < -0.4 is 0 Å². The molecule has 0 N–H and O–H groups in total. The summed E-state index contributed by atoms with van der Waals surface area (Å²) in [6, 6.07) is 0. The molecule has 0 aliphatic carbocycles. The first-order chi connectivity index (χ1) is 9.35. The zero-order chi connectivity index (χ0) is 14.2. The van der Waals surface area contributed by atoms with Crippen LogP contribution in [0.15, 0.2) is 0 Å². The minimum absolute atomic E-state index is 0.116. The third kappa shape index (κ3) is 13.7. The predicted octanol–water partition coefficient (Wildman–Crippen LogP) is 5.55. The molecule has 0 aromatic rings. The van der Waals surface area contributed by atoms with Crippen LogP contribution in [0.5, 0.6) is 0 Å². The first-order valence-corrected chi connectivity index (χ1v) is 8.37. The molecule has 0 aliphatic heterocycles. The zero-order valence-corrected chi connectivity index (χ0v) is 13.1. The highest BCUT2D eigenvalue weighted by Gasteiger charge is 2.09. The number of hydrogen-bond acceptors (Lipinski definition) is 2. The SMILES string of the molecule is CCCCCCCCCC(CCCCCC)O[C]=O. The summed E-state index contributed by atoms with van der Waals surface area (Å²) in [6.07, 6.45) is 16.3. The summed E-state index contributed by atoms with van der Waals surface area (Å²) in [6.45, 7) is 6.09. The first kappa shape index (κ1) is 18.5. The summed E-state index contributed by atoms with van der Waals surface area (Å²) < 4.78 is 5.06. The molecule has 0 aliphatic rings. The van der Waals surface area contributed by atoms with Crippen molar-refractivity contribution < 1.29 is 9.53 Å². The van der Waals surface area contributed by atoms with Crippen molar-refractivity contribution in [2.24, 2.45) is 0 Å². The molecule has 0 aromatic heterocycles. The fourth-order valence-corrected chi connectivity index (χ4v) is 2.46. The lowest BCUT2D eigenvalue weighted by Gasteiger charge is -2.14. The van der Waals surface area contributed by atoms with E-state index in [-0.39, 0.29) is 6.10 Å². The lowest BCUT2D eigenvalue weighted by Crippen LogP contribution is -2.12. The van der Waals surface area contributed by atoms with E-state index in [0.717, 1.165) is 12.8 Å². The first-order valence-electron chi connectivity index (χ1n) is 8.37. The van der Waals surface area contributed by atoms with Crippen molar-refractivity contribution in [2.45, 2.75) is 103 Å². The molecule has 0 saturated carbocycles. The fourth-order valence-electron chi connectivity index (χ4n) is 2.46. The Balaban J connectivity index is 3.45. The molecule has 0 fully saturated rings. The molecule has 0 rings (SSSR count). The van der Waals surface area contributed by atoms with Crippen LogP contribution in [0.4, 0.5) is 0 Å². The molecular formula is C17H33O2. The summed E-state index contributed by atoms with van der Waals surface area (Å²) in [5, 5.41) is 0. The lowest BCUT2D eigenvalue weighted by atomic mass is 10.0. The van der Waals surface area contributed by atoms with Gasteiger partial charge in [0, 0.05) is 0 Å². The average molecular weight is 269 g/mol. The second-order valence-electron chi connectivity index (χ2n) is 5.58. The van der Waals surface area contributed by atoms with E-state index in [1.165, 1.54) is 70.6 Å². The van der Waals surface area contributed by atoms with Crippen molar-refractivity contribution in [1.29, 1.82) is 0 Å². The lowest BCUT2D eigenvalue weighted by molar-refractivity contribution is 0.151. The minimum Gasteiger partial charge on any atom is -0.454 e. The highest BCUT2D eigenvalue weighted by Crippen LogP contribution is 2.15. The van der Waals surface area contributed by atoms with Crippen LogP contribution in [0, 0.1) is 0 Å². The summed E-state index contributed by atoms with van der Waals surface area (Å²) in [4.78, 5) is 10.4. The molecule has 1 atom stereocenters. The molecule has 113 valence electrons. The topological polar surface area (TPSA) is 26.3 Å². The van der Waals surface area contributed by atoms with E-state index >= 15 is 0 Å². The summed E-state index contributed by atoms with van der Waals surface area (Å²) in [5.74, 6) is 0. The van der Waals surface area contributed by atoms with Crippen LogP contribution in [0.3, 0.4) is 0 Å². The van der Waals surface area contributed by atoms with E-state index in [1.807, 2.05) is 0 Å². The average Bonchev–Trinajstić information content (AvgIpc) is 2.42. The van der Waals surface area contributed by atoms with Crippen molar-refractivity contribution in [1.82, 2.24) is 0 Å². The van der Waals surface area contributed by atoms with Gasteiger partial charge in [0.15, 0.2) is 0 Å².